The molecule has 0 saturated carbocycles. The molecule has 2 amide bonds. The Hall–Kier alpha value is -3.12. The fourth-order valence-electron chi connectivity index (χ4n) is 2.43. The molecule has 3 aromatic rings. The molecule has 0 aliphatic carbocycles. The zero-order valence-electron chi connectivity index (χ0n) is 14.0. The molecule has 0 aliphatic heterocycles. The minimum absolute atomic E-state index is 0.0955. The van der Waals surface area contributed by atoms with Gasteiger partial charge in [-0.2, -0.15) is 0 Å². The van der Waals surface area contributed by atoms with Gasteiger partial charge in [0.15, 0.2) is 0 Å². The van der Waals surface area contributed by atoms with Gasteiger partial charge in [-0.3, -0.25) is 25.4 Å². The molecule has 0 bridgehead atoms. The first kappa shape index (κ1) is 17.7. The van der Waals surface area contributed by atoms with E-state index in [4.69, 9.17) is 11.6 Å². The van der Waals surface area contributed by atoms with Crippen molar-refractivity contribution in [3.63, 3.8) is 0 Å². The molecule has 1 aromatic heterocycles. The van der Waals surface area contributed by atoms with Gasteiger partial charge < -0.3 is 5.32 Å². The van der Waals surface area contributed by atoms with Crippen molar-refractivity contribution in [2.75, 3.05) is 5.43 Å². The molecule has 7 heteroatoms. The van der Waals surface area contributed by atoms with Gasteiger partial charge in [-0.15, -0.1) is 0 Å². The van der Waals surface area contributed by atoms with Crippen molar-refractivity contribution < 1.29 is 9.59 Å². The van der Waals surface area contributed by atoms with Crippen LogP contribution in [0.25, 0.3) is 10.9 Å². The molecule has 0 atom stereocenters. The average Bonchev–Trinajstić information content (AvgIpc) is 2.64. The Morgan fingerprint density at radius 1 is 1.08 bits per heavy atom. The minimum Gasteiger partial charge on any atom is -0.352 e. The standard InChI is InChI=1S/C19H17ClN4O2/c1-12(25)22-11-13-2-4-14(5-3-13)19(26)24-23-17-8-9-21-18-10-15(20)6-7-16(17)18/h2-10H,11H2,1H3,(H,21,23)(H,22,25)(H,24,26). The maximum Gasteiger partial charge on any atom is 0.269 e. The highest BCUT2D eigenvalue weighted by atomic mass is 35.5. The lowest BCUT2D eigenvalue weighted by atomic mass is 10.1. The van der Waals surface area contributed by atoms with Gasteiger partial charge in [-0.1, -0.05) is 23.7 Å². The summed E-state index contributed by atoms with van der Waals surface area (Å²) in [7, 11) is 0. The van der Waals surface area contributed by atoms with Crippen LogP contribution in [0.2, 0.25) is 5.02 Å². The number of hydrogen-bond acceptors (Lipinski definition) is 4. The Labute approximate surface area is 155 Å². The van der Waals surface area contributed by atoms with E-state index < -0.39 is 0 Å². The molecular formula is C19H17ClN4O2. The highest BCUT2D eigenvalue weighted by molar-refractivity contribution is 6.31. The number of carbonyl (C=O) groups excluding carboxylic acids is 2. The van der Waals surface area contributed by atoms with Gasteiger partial charge in [0.1, 0.15) is 0 Å². The normalized spacial score (nSPS) is 10.4. The second-order valence-corrected chi connectivity index (χ2v) is 6.14. The molecule has 3 N–H and O–H groups in total. The molecule has 26 heavy (non-hydrogen) atoms. The van der Waals surface area contributed by atoms with E-state index in [0.717, 1.165) is 22.2 Å². The van der Waals surface area contributed by atoms with Crippen LogP contribution in [-0.2, 0) is 11.3 Å². The summed E-state index contributed by atoms with van der Waals surface area (Å²) >= 11 is 5.98. The molecule has 0 radical (unpaired) electrons. The summed E-state index contributed by atoms with van der Waals surface area (Å²) in [5.41, 5.74) is 8.48. The summed E-state index contributed by atoms with van der Waals surface area (Å²) in [6.45, 7) is 1.89. The Kier molecular flexibility index (Phi) is 5.34. The molecule has 0 fully saturated rings. The number of hydrogen-bond donors (Lipinski definition) is 3. The first-order chi connectivity index (χ1) is 12.5. The third kappa shape index (κ3) is 4.29. The fourth-order valence-corrected chi connectivity index (χ4v) is 2.59. The summed E-state index contributed by atoms with van der Waals surface area (Å²) in [5, 5.41) is 4.16. The SMILES string of the molecule is CC(=O)NCc1ccc(C(=O)NNc2ccnc3cc(Cl)ccc23)cc1. The minimum atomic E-state index is -0.269. The van der Waals surface area contributed by atoms with Crippen LogP contribution in [0.4, 0.5) is 5.69 Å². The number of aromatic nitrogens is 1. The number of rotatable bonds is 5. The van der Waals surface area contributed by atoms with Gasteiger partial charge in [-0.05, 0) is 42.0 Å². The lowest BCUT2D eigenvalue weighted by molar-refractivity contribution is -0.119. The van der Waals surface area contributed by atoms with Crippen molar-refractivity contribution in [3.05, 3.63) is 70.9 Å². The second kappa shape index (κ2) is 7.84. The maximum absolute atomic E-state index is 12.3. The number of halogens is 1. The summed E-state index contributed by atoms with van der Waals surface area (Å²) in [5.74, 6) is -0.364. The van der Waals surface area contributed by atoms with Crippen molar-refractivity contribution in [2.24, 2.45) is 0 Å². The van der Waals surface area contributed by atoms with Crippen LogP contribution < -0.4 is 16.2 Å². The topological polar surface area (TPSA) is 83.1 Å². The highest BCUT2D eigenvalue weighted by Gasteiger charge is 2.07. The molecule has 0 unspecified atom stereocenters. The van der Waals surface area contributed by atoms with Crippen molar-refractivity contribution in [3.8, 4) is 0 Å². The van der Waals surface area contributed by atoms with Gasteiger partial charge in [0.05, 0.1) is 11.2 Å². The van der Waals surface area contributed by atoms with E-state index in [9.17, 15) is 9.59 Å². The van der Waals surface area contributed by atoms with Gasteiger partial charge >= 0.3 is 0 Å². The molecule has 132 valence electrons. The number of benzene rings is 2. The van der Waals surface area contributed by atoms with Crippen LogP contribution in [0, 0.1) is 0 Å². The van der Waals surface area contributed by atoms with Crippen LogP contribution in [0.15, 0.2) is 54.7 Å². The zero-order chi connectivity index (χ0) is 18.5. The Morgan fingerprint density at radius 2 is 1.85 bits per heavy atom. The Bertz CT molecular complexity index is 957. The maximum atomic E-state index is 12.3. The van der Waals surface area contributed by atoms with E-state index in [1.807, 2.05) is 6.07 Å². The average molecular weight is 369 g/mol. The fraction of sp³-hybridized carbons (Fsp3) is 0.105. The van der Waals surface area contributed by atoms with E-state index in [2.05, 4.69) is 21.2 Å². The number of fused-ring (bicyclic) bond motifs is 1. The van der Waals surface area contributed by atoms with E-state index >= 15 is 0 Å². The lowest BCUT2D eigenvalue weighted by Crippen LogP contribution is -2.29. The Morgan fingerprint density at radius 3 is 2.58 bits per heavy atom. The molecule has 0 saturated heterocycles. The summed E-state index contributed by atoms with van der Waals surface area (Å²) in [6, 6.07) is 14.2. The number of anilines is 1. The number of hydrazine groups is 1. The number of amides is 2. The number of carbonyl (C=O) groups is 2. The summed E-state index contributed by atoms with van der Waals surface area (Å²) in [4.78, 5) is 27.5. The monoisotopic (exact) mass is 368 g/mol. The predicted molar refractivity (Wildman–Crippen MR) is 102 cm³/mol. The van der Waals surface area contributed by atoms with Gasteiger partial charge in [0.25, 0.3) is 5.91 Å². The van der Waals surface area contributed by atoms with E-state index in [0.29, 0.717) is 17.1 Å². The van der Waals surface area contributed by atoms with Gasteiger partial charge in [0, 0.05) is 35.6 Å². The Balaban J connectivity index is 1.66. The van der Waals surface area contributed by atoms with Crippen LogP contribution in [0.1, 0.15) is 22.8 Å². The molecule has 3 rings (SSSR count). The molecule has 6 nitrogen and oxygen atoms in total. The second-order valence-electron chi connectivity index (χ2n) is 5.71. The number of pyridine rings is 1. The van der Waals surface area contributed by atoms with E-state index in [-0.39, 0.29) is 11.8 Å². The quantitative estimate of drug-likeness (QED) is 0.603. The van der Waals surface area contributed by atoms with E-state index in [1.165, 1.54) is 6.92 Å². The molecule has 0 aliphatic rings. The third-order valence-corrected chi connectivity index (χ3v) is 4.01. The highest BCUT2D eigenvalue weighted by Crippen LogP contribution is 2.23. The van der Waals surface area contributed by atoms with Crippen LogP contribution in [0.3, 0.4) is 0 Å². The van der Waals surface area contributed by atoms with Crippen LogP contribution >= 0.6 is 11.6 Å². The smallest absolute Gasteiger partial charge is 0.269 e. The zero-order valence-corrected chi connectivity index (χ0v) is 14.8. The molecule has 2 aromatic carbocycles. The molecule has 1 heterocycles. The van der Waals surface area contributed by atoms with Crippen molar-refractivity contribution in [2.45, 2.75) is 13.5 Å². The van der Waals surface area contributed by atoms with Gasteiger partial charge in [0.2, 0.25) is 5.91 Å². The number of nitrogens with one attached hydrogen (secondary N) is 3. The molecular weight excluding hydrogens is 352 g/mol. The summed E-state index contributed by atoms with van der Waals surface area (Å²) < 4.78 is 0. The number of nitrogens with zero attached hydrogens (tertiary/aromatic N) is 1. The van der Waals surface area contributed by atoms with Crippen molar-refractivity contribution >= 4 is 40.0 Å². The molecule has 0 spiro atoms. The third-order valence-electron chi connectivity index (χ3n) is 3.77. The van der Waals surface area contributed by atoms with Crippen molar-refractivity contribution in [1.29, 1.82) is 0 Å². The van der Waals surface area contributed by atoms with Crippen LogP contribution in [-0.4, -0.2) is 16.8 Å². The first-order valence-electron chi connectivity index (χ1n) is 7.97. The van der Waals surface area contributed by atoms with Crippen molar-refractivity contribution in [1.82, 2.24) is 15.7 Å². The van der Waals surface area contributed by atoms with E-state index in [1.54, 1.807) is 48.7 Å². The first-order valence-corrected chi connectivity index (χ1v) is 8.35. The van der Waals surface area contributed by atoms with Gasteiger partial charge in [-0.25, -0.2) is 0 Å². The lowest BCUT2D eigenvalue weighted by Gasteiger charge is -2.11. The largest absolute Gasteiger partial charge is 0.352 e. The predicted octanol–water partition coefficient (Wildman–Crippen LogP) is 3.28. The summed E-state index contributed by atoms with van der Waals surface area (Å²) in [6.07, 6.45) is 1.64. The van der Waals surface area contributed by atoms with Crippen LogP contribution in [0.5, 0.6) is 0 Å².